The van der Waals surface area contributed by atoms with Gasteiger partial charge in [0.1, 0.15) is 5.69 Å². The number of amides is 2. The van der Waals surface area contributed by atoms with Crippen LogP contribution in [-0.4, -0.2) is 34.9 Å². The molecule has 2 N–H and O–H groups in total. The summed E-state index contributed by atoms with van der Waals surface area (Å²) in [6.07, 6.45) is 17.4. The van der Waals surface area contributed by atoms with E-state index in [9.17, 15) is 14.4 Å². The second-order valence-corrected chi connectivity index (χ2v) is 15.7. The van der Waals surface area contributed by atoms with E-state index < -0.39 is 15.3 Å². The van der Waals surface area contributed by atoms with E-state index in [1.165, 1.54) is 92.5 Å². The third-order valence-electron chi connectivity index (χ3n) is 7.96. The van der Waals surface area contributed by atoms with Crippen LogP contribution in [0.3, 0.4) is 0 Å². The van der Waals surface area contributed by atoms with Crippen molar-refractivity contribution in [2.24, 2.45) is 0 Å². The summed E-state index contributed by atoms with van der Waals surface area (Å²) in [6, 6.07) is 7.31. The Labute approximate surface area is 326 Å². The number of carbonyl (C=O) groups excluding carboxylic acids is 2. The summed E-state index contributed by atoms with van der Waals surface area (Å²) in [5.41, 5.74) is -0.438. The molecule has 0 radical (unpaired) electrons. The van der Waals surface area contributed by atoms with Gasteiger partial charge in [0, 0.05) is 29.5 Å². The maximum Gasteiger partial charge on any atom is 0.297 e. The number of unbranched alkanes of at least 4 members (excludes halogenated alkanes) is 10. The Balaban J connectivity index is 1.60. The van der Waals surface area contributed by atoms with Crippen LogP contribution in [0.5, 0.6) is 0 Å². The minimum absolute atomic E-state index is 0.00134. The lowest BCUT2D eigenvalue weighted by molar-refractivity contribution is -0.117. The molecule has 0 aliphatic heterocycles. The van der Waals surface area contributed by atoms with Crippen molar-refractivity contribution in [3.63, 3.8) is 0 Å². The van der Waals surface area contributed by atoms with Crippen LogP contribution in [-0.2, 0) is 9.59 Å². The molecule has 2 heterocycles. The van der Waals surface area contributed by atoms with Gasteiger partial charge in [-0.3, -0.25) is 28.9 Å². The Kier molecular flexibility index (Phi) is 15.3. The standard InChI is InChI=1S/C34H37Cl7N6O3/c1-2-3-4-5-6-7-8-9-10-11-12-13-28(48)43-23-14-15-24(36)27(20-23)46(33(50)34(39,40)41)31-30(45-17-16-42-21-45)32(49)47(44-31)29-25(37)18-22(35)19-26(29)38/h14-21,44H,2-13H2,1H3,(H,43,48). The summed E-state index contributed by atoms with van der Waals surface area (Å²) in [7, 11) is 0. The Morgan fingerprint density at radius 2 is 1.44 bits per heavy atom. The van der Waals surface area contributed by atoms with Gasteiger partial charge in [-0.1, -0.05) is 152 Å². The average molecular weight is 826 g/mol. The highest BCUT2D eigenvalue weighted by Gasteiger charge is 2.40. The van der Waals surface area contributed by atoms with Crippen molar-refractivity contribution in [2.75, 3.05) is 10.2 Å². The molecule has 9 nitrogen and oxygen atoms in total. The zero-order chi connectivity index (χ0) is 36.4. The Bertz CT molecular complexity index is 1800. The van der Waals surface area contributed by atoms with Gasteiger partial charge < -0.3 is 5.32 Å². The number of benzene rings is 2. The molecular weight excluding hydrogens is 789 g/mol. The number of hydrogen-bond acceptors (Lipinski definition) is 4. The number of alkyl halides is 3. The maximum absolute atomic E-state index is 14.0. The van der Waals surface area contributed by atoms with Crippen molar-refractivity contribution >= 4 is 110 Å². The molecule has 50 heavy (non-hydrogen) atoms. The van der Waals surface area contributed by atoms with Crippen LogP contribution in [0.15, 0.2) is 53.8 Å². The molecule has 4 rings (SSSR count). The monoisotopic (exact) mass is 822 g/mol. The summed E-state index contributed by atoms with van der Waals surface area (Å²) < 4.78 is -0.135. The lowest BCUT2D eigenvalue weighted by atomic mass is 10.1. The summed E-state index contributed by atoms with van der Waals surface area (Å²) in [5, 5.41) is 6.10. The number of H-pyrrole nitrogens is 1. The largest absolute Gasteiger partial charge is 0.326 e. The normalized spacial score (nSPS) is 11.6. The highest BCUT2D eigenvalue weighted by Crippen LogP contribution is 2.41. The van der Waals surface area contributed by atoms with Gasteiger partial charge >= 0.3 is 0 Å². The summed E-state index contributed by atoms with van der Waals surface area (Å²) >= 11 is 44.2. The lowest BCUT2D eigenvalue weighted by Crippen LogP contribution is -2.37. The van der Waals surface area contributed by atoms with Crippen LogP contribution in [0.1, 0.15) is 84.0 Å². The molecular formula is C34H37Cl7N6O3. The van der Waals surface area contributed by atoms with Crippen molar-refractivity contribution in [3.8, 4) is 11.4 Å². The van der Waals surface area contributed by atoms with Gasteiger partial charge in [0.15, 0.2) is 11.5 Å². The van der Waals surface area contributed by atoms with E-state index in [1.54, 1.807) is 6.07 Å². The number of hydrogen-bond donors (Lipinski definition) is 2. The van der Waals surface area contributed by atoms with E-state index in [-0.39, 0.29) is 48.9 Å². The number of halogens is 7. The quantitative estimate of drug-likeness (QED) is 0.0817. The number of nitrogens with one attached hydrogen (secondary N) is 2. The number of anilines is 3. The molecule has 0 saturated heterocycles. The first kappa shape index (κ1) is 40.4. The molecule has 0 bridgehead atoms. The van der Waals surface area contributed by atoms with Crippen LogP contribution in [0.25, 0.3) is 11.4 Å². The number of rotatable bonds is 17. The predicted octanol–water partition coefficient (Wildman–Crippen LogP) is 11.6. The average Bonchev–Trinajstić information content (AvgIpc) is 3.68. The highest BCUT2D eigenvalue weighted by molar-refractivity contribution is 6.77. The van der Waals surface area contributed by atoms with E-state index >= 15 is 0 Å². The van der Waals surface area contributed by atoms with Crippen molar-refractivity contribution in [1.82, 2.24) is 19.3 Å². The molecule has 0 fully saturated rings. The van der Waals surface area contributed by atoms with E-state index in [4.69, 9.17) is 81.2 Å². The molecule has 270 valence electrons. The van der Waals surface area contributed by atoms with Crippen molar-refractivity contribution < 1.29 is 9.59 Å². The zero-order valence-corrected chi connectivity index (χ0v) is 32.6. The van der Waals surface area contributed by atoms with Crippen LogP contribution >= 0.6 is 81.2 Å². The summed E-state index contributed by atoms with van der Waals surface area (Å²) in [6.45, 7) is 2.22. The molecule has 16 heteroatoms. The Morgan fingerprint density at radius 3 is 2.00 bits per heavy atom. The Morgan fingerprint density at radius 1 is 0.840 bits per heavy atom. The van der Waals surface area contributed by atoms with Gasteiger partial charge in [0.2, 0.25) is 5.91 Å². The molecule has 2 amide bonds. The number of imidazole rings is 1. The minimum Gasteiger partial charge on any atom is -0.326 e. The van der Waals surface area contributed by atoms with Crippen molar-refractivity contribution in [3.05, 3.63) is 79.5 Å². The van der Waals surface area contributed by atoms with Crippen LogP contribution < -0.4 is 15.8 Å². The van der Waals surface area contributed by atoms with Gasteiger partial charge in [-0.2, -0.15) is 0 Å². The maximum atomic E-state index is 14.0. The molecule has 0 saturated carbocycles. The second kappa shape index (κ2) is 18.9. The van der Waals surface area contributed by atoms with Gasteiger partial charge in [0.05, 0.1) is 27.1 Å². The third kappa shape index (κ3) is 10.6. The second-order valence-electron chi connectivity index (χ2n) is 11.8. The zero-order valence-electron chi connectivity index (χ0n) is 27.3. The number of nitrogens with zero attached hydrogens (tertiary/aromatic N) is 4. The van der Waals surface area contributed by atoms with Gasteiger partial charge in [-0.05, 0) is 36.8 Å². The first-order valence-electron chi connectivity index (χ1n) is 16.3. The summed E-state index contributed by atoms with van der Waals surface area (Å²) in [5.74, 6) is -1.46. The molecule has 0 aliphatic carbocycles. The molecule has 2 aromatic carbocycles. The topological polar surface area (TPSA) is 105 Å². The third-order valence-corrected chi connectivity index (χ3v) is 9.56. The first-order valence-corrected chi connectivity index (χ1v) is 19.0. The predicted molar refractivity (Wildman–Crippen MR) is 207 cm³/mol. The minimum atomic E-state index is -2.52. The first-order chi connectivity index (χ1) is 23.8. The smallest absolute Gasteiger partial charge is 0.297 e. The molecule has 0 spiro atoms. The fourth-order valence-electron chi connectivity index (χ4n) is 5.50. The summed E-state index contributed by atoms with van der Waals surface area (Å²) in [4.78, 5) is 45.8. The SMILES string of the molecule is CCCCCCCCCCCCCC(=O)Nc1ccc(Cl)c(N(C(=O)C(Cl)(Cl)Cl)c2[nH]n(-c3c(Cl)cc(Cl)cc3Cl)c(=O)c2-n2ccnc2)c1. The van der Waals surface area contributed by atoms with Crippen molar-refractivity contribution in [2.45, 2.75) is 87.8 Å². The van der Waals surface area contributed by atoms with Crippen LogP contribution in [0.4, 0.5) is 17.2 Å². The molecule has 2 aromatic heterocycles. The molecule has 4 aromatic rings. The van der Waals surface area contributed by atoms with E-state index in [2.05, 4.69) is 22.3 Å². The van der Waals surface area contributed by atoms with E-state index in [0.29, 0.717) is 12.1 Å². The van der Waals surface area contributed by atoms with Crippen LogP contribution in [0, 0.1) is 0 Å². The number of aromatic nitrogens is 4. The molecule has 0 aliphatic rings. The van der Waals surface area contributed by atoms with Crippen LogP contribution in [0.2, 0.25) is 20.1 Å². The number of carbonyl (C=O) groups is 2. The lowest BCUT2D eigenvalue weighted by Gasteiger charge is -2.27. The molecule has 0 atom stereocenters. The van der Waals surface area contributed by atoms with Crippen molar-refractivity contribution in [1.29, 1.82) is 0 Å². The Hall–Kier alpha value is -2.37. The van der Waals surface area contributed by atoms with Gasteiger partial charge in [-0.25, -0.2) is 9.67 Å². The number of aromatic amines is 1. The van der Waals surface area contributed by atoms with E-state index in [1.807, 2.05) is 0 Å². The van der Waals surface area contributed by atoms with Gasteiger partial charge in [0.25, 0.3) is 15.3 Å². The van der Waals surface area contributed by atoms with Gasteiger partial charge in [-0.15, -0.1) is 0 Å². The van der Waals surface area contributed by atoms with E-state index in [0.717, 1.165) is 35.3 Å². The fraction of sp³-hybridized carbons (Fsp3) is 0.412. The fourth-order valence-corrected chi connectivity index (χ4v) is 6.94. The highest BCUT2D eigenvalue weighted by atomic mass is 35.6. The molecule has 0 unspecified atom stereocenters.